The molecule has 0 bridgehead atoms. The highest BCUT2D eigenvalue weighted by atomic mass is 16.2. The highest BCUT2D eigenvalue weighted by Crippen LogP contribution is 2.29. The molecule has 6 heteroatoms. The summed E-state index contributed by atoms with van der Waals surface area (Å²) in [5.74, 6) is -1.25. The fourth-order valence-corrected chi connectivity index (χ4v) is 3.13. The van der Waals surface area contributed by atoms with Gasteiger partial charge in [-0.05, 0) is 44.1 Å². The standard InChI is InChI=1S/C19H28N4O2/c1-5-10-20-18(24)19(25)21-13-17(22(2)3)15-8-9-16-14(12-15)7-6-11-23(16)4/h5,8-9,12,17H,1,6-7,10-11,13H2,2-4H3,(H,20,24)(H,21,25)/t17-/m1/s1. The number of hydrogen-bond acceptors (Lipinski definition) is 4. The number of rotatable bonds is 6. The Bertz CT molecular complexity index is 642. The number of anilines is 1. The molecule has 0 spiro atoms. The molecule has 0 unspecified atom stereocenters. The van der Waals surface area contributed by atoms with E-state index in [9.17, 15) is 9.59 Å². The van der Waals surface area contributed by atoms with Gasteiger partial charge in [0.1, 0.15) is 0 Å². The third-order valence-electron chi connectivity index (χ3n) is 4.53. The molecular formula is C19H28N4O2. The average molecular weight is 344 g/mol. The lowest BCUT2D eigenvalue weighted by atomic mass is 9.96. The third kappa shape index (κ3) is 4.82. The summed E-state index contributed by atoms with van der Waals surface area (Å²) in [7, 11) is 6.06. The summed E-state index contributed by atoms with van der Waals surface area (Å²) in [6, 6.07) is 6.49. The van der Waals surface area contributed by atoms with Gasteiger partial charge in [0.2, 0.25) is 0 Å². The molecule has 0 radical (unpaired) electrons. The predicted molar refractivity (Wildman–Crippen MR) is 101 cm³/mol. The van der Waals surface area contributed by atoms with Crippen LogP contribution in [0.3, 0.4) is 0 Å². The van der Waals surface area contributed by atoms with Crippen molar-refractivity contribution in [2.45, 2.75) is 18.9 Å². The zero-order chi connectivity index (χ0) is 18.4. The maximum Gasteiger partial charge on any atom is 0.309 e. The number of fused-ring (bicyclic) bond motifs is 1. The van der Waals surface area contributed by atoms with Gasteiger partial charge >= 0.3 is 11.8 Å². The second kappa shape index (κ2) is 8.67. The van der Waals surface area contributed by atoms with Gasteiger partial charge in [0.05, 0.1) is 6.04 Å². The number of aryl methyl sites for hydroxylation is 1. The van der Waals surface area contributed by atoms with Crippen molar-refractivity contribution in [3.63, 3.8) is 0 Å². The second-order valence-electron chi connectivity index (χ2n) is 6.60. The summed E-state index contributed by atoms with van der Waals surface area (Å²) >= 11 is 0. The lowest BCUT2D eigenvalue weighted by Gasteiger charge is -2.30. The van der Waals surface area contributed by atoms with Gasteiger partial charge in [-0.3, -0.25) is 9.59 Å². The first kappa shape index (κ1) is 19.0. The monoisotopic (exact) mass is 344 g/mol. The molecule has 2 rings (SSSR count). The average Bonchev–Trinajstić information content (AvgIpc) is 2.59. The Morgan fingerprint density at radius 1 is 1.32 bits per heavy atom. The van der Waals surface area contributed by atoms with Gasteiger partial charge in [0, 0.05) is 32.4 Å². The molecule has 6 nitrogen and oxygen atoms in total. The molecule has 0 saturated heterocycles. The summed E-state index contributed by atoms with van der Waals surface area (Å²) in [6.45, 7) is 5.25. The smallest absolute Gasteiger partial charge is 0.309 e. The van der Waals surface area contributed by atoms with Crippen LogP contribution in [0, 0.1) is 0 Å². The minimum Gasteiger partial charge on any atom is -0.374 e. The van der Waals surface area contributed by atoms with E-state index in [2.05, 4.69) is 52.3 Å². The van der Waals surface area contributed by atoms with Crippen LogP contribution in [0.2, 0.25) is 0 Å². The lowest BCUT2D eigenvalue weighted by Crippen LogP contribution is -2.43. The Morgan fingerprint density at radius 2 is 2.04 bits per heavy atom. The Hall–Kier alpha value is -2.34. The van der Waals surface area contributed by atoms with Crippen LogP contribution in [0.15, 0.2) is 30.9 Å². The van der Waals surface area contributed by atoms with Crippen LogP contribution in [0.25, 0.3) is 0 Å². The molecule has 0 saturated carbocycles. The number of benzene rings is 1. The van der Waals surface area contributed by atoms with Gasteiger partial charge in [-0.25, -0.2) is 0 Å². The molecule has 1 aromatic carbocycles. The van der Waals surface area contributed by atoms with Gasteiger partial charge in [-0.15, -0.1) is 6.58 Å². The Balaban J connectivity index is 2.07. The summed E-state index contributed by atoms with van der Waals surface area (Å²) in [6.07, 6.45) is 3.77. The third-order valence-corrected chi connectivity index (χ3v) is 4.53. The van der Waals surface area contributed by atoms with Crippen LogP contribution in [-0.2, 0) is 16.0 Å². The van der Waals surface area contributed by atoms with Crippen LogP contribution >= 0.6 is 0 Å². The van der Waals surface area contributed by atoms with E-state index in [4.69, 9.17) is 0 Å². The molecule has 2 amide bonds. The molecule has 136 valence electrons. The van der Waals surface area contributed by atoms with Crippen molar-refractivity contribution in [2.24, 2.45) is 0 Å². The molecule has 0 fully saturated rings. The van der Waals surface area contributed by atoms with Gasteiger partial charge in [-0.1, -0.05) is 18.2 Å². The molecule has 1 heterocycles. The number of nitrogens with one attached hydrogen (secondary N) is 2. The summed E-state index contributed by atoms with van der Waals surface area (Å²) in [5.41, 5.74) is 3.76. The number of likely N-dealkylation sites (N-methyl/N-ethyl adjacent to an activating group) is 1. The van der Waals surface area contributed by atoms with Crippen molar-refractivity contribution < 1.29 is 9.59 Å². The number of nitrogens with zero attached hydrogens (tertiary/aromatic N) is 2. The molecule has 25 heavy (non-hydrogen) atoms. The molecule has 0 aromatic heterocycles. The van der Waals surface area contributed by atoms with Crippen LogP contribution < -0.4 is 15.5 Å². The van der Waals surface area contributed by atoms with Crippen LogP contribution in [0.1, 0.15) is 23.6 Å². The first-order chi connectivity index (χ1) is 11.9. The van der Waals surface area contributed by atoms with Crippen molar-refractivity contribution in [1.29, 1.82) is 0 Å². The molecule has 1 atom stereocenters. The van der Waals surface area contributed by atoms with E-state index >= 15 is 0 Å². The van der Waals surface area contributed by atoms with Crippen molar-refractivity contribution in [3.8, 4) is 0 Å². The summed E-state index contributed by atoms with van der Waals surface area (Å²) < 4.78 is 0. The second-order valence-corrected chi connectivity index (χ2v) is 6.60. The topological polar surface area (TPSA) is 64.7 Å². The van der Waals surface area contributed by atoms with Crippen molar-refractivity contribution in [1.82, 2.24) is 15.5 Å². The fraction of sp³-hybridized carbons (Fsp3) is 0.474. The van der Waals surface area contributed by atoms with Gasteiger partial charge in [0.25, 0.3) is 0 Å². The van der Waals surface area contributed by atoms with E-state index in [1.54, 1.807) is 0 Å². The van der Waals surface area contributed by atoms with Gasteiger partial charge in [-0.2, -0.15) is 0 Å². The number of carbonyl (C=O) groups is 2. The van der Waals surface area contributed by atoms with E-state index < -0.39 is 11.8 Å². The SMILES string of the molecule is C=CCNC(=O)C(=O)NC[C@H](c1ccc2c(c1)CCCN2C)N(C)C. The minimum absolute atomic E-state index is 0.00804. The van der Waals surface area contributed by atoms with E-state index in [0.717, 1.165) is 24.9 Å². The van der Waals surface area contributed by atoms with Crippen molar-refractivity contribution in [2.75, 3.05) is 45.7 Å². The maximum atomic E-state index is 11.9. The van der Waals surface area contributed by atoms with E-state index in [0.29, 0.717) is 6.54 Å². The van der Waals surface area contributed by atoms with Crippen molar-refractivity contribution in [3.05, 3.63) is 42.0 Å². The molecule has 2 N–H and O–H groups in total. The highest BCUT2D eigenvalue weighted by molar-refractivity contribution is 6.35. The van der Waals surface area contributed by atoms with Crippen LogP contribution in [0.5, 0.6) is 0 Å². The predicted octanol–water partition coefficient (Wildman–Crippen LogP) is 1.09. The lowest BCUT2D eigenvalue weighted by molar-refractivity contribution is -0.139. The molecular weight excluding hydrogens is 316 g/mol. The quantitative estimate of drug-likeness (QED) is 0.599. The highest BCUT2D eigenvalue weighted by Gasteiger charge is 2.21. The Kier molecular flexibility index (Phi) is 6.58. The van der Waals surface area contributed by atoms with E-state index in [1.165, 1.54) is 17.3 Å². The largest absolute Gasteiger partial charge is 0.374 e. The molecule has 1 aliphatic rings. The first-order valence-electron chi connectivity index (χ1n) is 8.61. The van der Waals surface area contributed by atoms with Gasteiger partial charge < -0.3 is 20.4 Å². The van der Waals surface area contributed by atoms with Crippen molar-refractivity contribution >= 4 is 17.5 Å². The number of amides is 2. The fourth-order valence-electron chi connectivity index (χ4n) is 3.13. The van der Waals surface area contributed by atoms with E-state index in [1.807, 2.05) is 14.1 Å². The van der Waals surface area contributed by atoms with E-state index in [-0.39, 0.29) is 12.6 Å². The zero-order valence-electron chi connectivity index (χ0n) is 15.3. The zero-order valence-corrected chi connectivity index (χ0v) is 15.3. The maximum absolute atomic E-state index is 11.9. The number of hydrogen-bond donors (Lipinski definition) is 2. The van der Waals surface area contributed by atoms with Crippen LogP contribution in [-0.4, -0.2) is 57.5 Å². The Labute approximate surface area is 149 Å². The number of carbonyl (C=O) groups excluding carboxylic acids is 2. The summed E-state index contributed by atoms with van der Waals surface area (Å²) in [4.78, 5) is 27.9. The minimum atomic E-state index is -0.635. The van der Waals surface area contributed by atoms with Crippen LogP contribution in [0.4, 0.5) is 5.69 Å². The van der Waals surface area contributed by atoms with Gasteiger partial charge in [0.15, 0.2) is 0 Å². The molecule has 1 aliphatic heterocycles. The first-order valence-corrected chi connectivity index (χ1v) is 8.61. The normalized spacial score (nSPS) is 14.6. The Morgan fingerprint density at radius 3 is 2.72 bits per heavy atom. The molecule has 1 aromatic rings. The summed E-state index contributed by atoms with van der Waals surface area (Å²) in [5, 5.41) is 5.21. The molecule has 0 aliphatic carbocycles.